The SMILES string of the molecule is CC(CO)SCCC(NC1CC1)(C(=O)O)c1ccccc1. The van der Waals surface area contributed by atoms with Crippen LogP contribution in [-0.2, 0) is 10.3 Å². The zero-order valence-corrected chi connectivity index (χ0v) is 13.1. The van der Waals surface area contributed by atoms with E-state index in [0.717, 1.165) is 18.4 Å². The fraction of sp³-hybridized carbons (Fsp3) is 0.562. The molecule has 0 heterocycles. The maximum Gasteiger partial charge on any atom is 0.328 e. The molecule has 2 rings (SSSR count). The van der Waals surface area contributed by atoms with Crippen LogP contribution in [0.3, 0.4) is 0 Å². The summed E-state index contributed by atoms with van der Waals surface area (Å²) < 4.78 is 0. The Hall–Kier alpha value is -1.04. The smallest absolute Gasteiger partial charge is 0.328 e. The van der Waals surface area contributed by atoms with Gasteiger partial charge in [0.2, 0.25) is 0 Å². The van der Waals surface area contributed by atoms with E-state index in [1.807, 2.05) is 37.3 Å². The first-order valence-electron chi connectivity index (χ1n) is 7.37. The second kappa shape index (κ2) is 7.29. The van der Waals surface area contributed by atoms with E-state index in [9.17, 15) is 9.90 Å². The maximum atomic E-state index is 12.0. The number of hydrogen-bond acceptors (Lipinski definition) is 4. The normalized spacial score (nSPS) is 19.0. The topological polar surface area (TPSA) is 69.6 Å². The number of aliphatic hydroxyl groups excluding tert-OH is 1. The monoisotopic (exact) mass is 309 g/mol. The van der Waals surface area contributed by atoms with Gasteiger partial charge in [0.15, 0.2) is 0 Å². The lowest BCUT2D eigenvalue weighted by Crippen LogP contribution is -2.50. The zero-order valence-electron chi connectivity index (χ0n) is 12.3. The highest BCUT2D eigenvalue weighted by atomic mass is 32.2. The Labute approximate surface area is 129 Å². The van der Waals surface area contributed by atoms with Crippen LogP contribution in [0.15, 0.2) is 30.3 Å². The molecule has 0 bridgehead atoms. The van der Waals surface area contributed by atoms with E-state index >= 15 is 0 Å². The predicted molar refractivity (Wildman–Crippen MR) is 85.5 cm³/mol. The number of rotatable bonds is 9. The first kappa shape index (κ1) is 16.3. The van der Waals surface area contributed by atoms with E-state index < -0.39 is 11.5 Å². The molecular weight excluding hydrogens is 286 g/mol. The van der Waals surface area contributed by atoms with Gasteiger partial charge in [0, 0.05) is 11.3 Å². The number of benzene rings is 1. The Morgan fingerprint density at radius 2 is 2.10 bits per heavy atom. The largest absolute Gasteiger partial charge is 0.480 e. The molecular formula is C16H23NO3S. The third kappa shape index (κ3) is 4.22. The van der Waals surface area contributed by atoms with Crippen molar-refractivity contribution >= 4 is 17.7 Å². The van der Waals surface area contributed by atoms with E-state index in [-0.39, 0.29) is 11.9 Å². The van der Waals surface area contributed by atoms with Crippen molar-refractivity contribution in [3.63, 3.8) is 0 Å². The summed E-state index contributed by atoms with van der Waals surface area (Å²) >= 11 is 1.61. The van der Waals surface area contributed by atoms with Crippen molar-refractivity contribution < 1.29 is 15.0 Å². The maximum absolute atomic E-state index is 12.0. The van der Waals surface area contributed by atoms with Gasteiger partial charge in [0.05, 0.1) is 6.61 Å². The van der Waals surface area contributed by atoms with E-state index in [4.69, 9.17) is 5.11 Å². The Balaban J connectivity index is 2.17. The number of carboxylic acids is 1. The standard InChI is InChI=1S/C16H23NO3S/c1-12(11-18)21-10-9-16(15(19)20,17-14-7-8-14)13-5-3-2-4-6-13/h2-6,12,14,17-18H,7-11H2,1H3,(H,19,20). The molecule has 0 amide bonds. The quantitative estimate of drug-likeness (QED) is 0.652. The Bertz CT molecular complexity index is 464. The lowest BCUT2D eigenvalue weighted by Gasteiger charge is -2.31. The summed E-state index contributed by atoms with van der Waals surface area (Å²) in [7, 11) is 0. The number of carbonyl (C=O) groups is 1. The fourth-order valence-corrected chi connectivity index (χ4v) is 3.29. The molecule has 3 N–H and O–H groups in total. The number of thioether (sulfide) groups is 1. The van der Waals surface area contributed by atoms with Crippen molar-refractivity contribution in [3.8, 4) is 0 Å². The lowest BCUT2D eigenvalue weighted by molar-refractivity contribution is -0.145. The summed E-state index contributed by atoms with van der Waals surface area (Å²) in [6, 6.07) is 9.72. The highest BCUT2D eigenvalue weighted by Gasteiger charge is 2.43. The van der Waals surface area contributed by atoms with Gasteiger partial charge in [0.1, 0.15) is 5.54 Å². The van der Waals surface area contributed by atoms with Crippen molar-refractivity contribution in [2.24, 2.45) is 0 Å². The molecule has 0 saturated heterocycles. The summed E-state index contributed by atoms with van der Waals surface area (Å²) in [6.07, 6.45) is 2.60. The van der Waals surface area contributed by atoms with Crippen LogP contribution in [0.1, 0.15) is 31.7 Å². The van der Waals surface area contributed by atoms with Gasteiger partial charge in [-0.05, 0) is 30.6 Å². The van der Waals surface area contributed by atoms with Crippen molar-refractivity contribution in [1.29, 1.82) is 0 Å². The number of carboxylic acid groups (broad SMARTS) is 1. The molecule has 1 aromatic rings. The first-order chi connectivity index (χ1) is 10.1. The van der Waals surface area contributed by atoms with E-state index in [2.05, 4.69) is 5.32 Å². The minimum atomic E-state index is -1.02. The number of nitrogens with one attached hydrogen (secondary N) is 1. The van der Waals surface area contributed by atoms with E-state index in [0.29, 0.717) is 18.2 Å². The van der Waals surface area contributed by atoms with Gasteiger partial charge in [0.25, 0.3) is 0 Å². The highest BCUT2D eigenvalue weighted by molar-refractivity contribution is 7.99. The van der Waals surface area contributed by atoms with Crippen LogP contribution >= 0.6 is 11.8 Å². The molecule has 0 aliphatic heterocycles. The van der Waals surface area contributed by atoms with Crippen LogP contribution in [0.25, 0.3) is 0 Å². The second-order valence-corrected chi connectivity index (χ2v) is 7.16. The number of hydrogen-bond donors (Lipinski definition) is 3. The van der Waals surface area contributed by atoms with Crippen molar-refractivity contribution in [2.45, 2.75) is 43.0 Å². The fourth-order valence-electron chi connectivity index (χ4n) is 2.36. The second-order valence-electron chi connectivity index (χ2n) is 5.61. The van der Waals surface area contributed by atoms with Crippen LogP contribution < -0.4 is 5.32 Å². The molecule has 0 aromatic heterocycles. The van der Waals surface area contributed by atoms with Crippen LogP contribution in [0.4, 0.5) is 0 Å². The van der Waals surface area contributed by atoms with Gasteiger partial charge < -0.3 is 10.2 Å². The molecule has 5 heteroatoms. The zero-order chi connectivity index (χ0) is 15.3. The lowest BCUT2D eigenvalue weighted by atomic mass is 9.87. The molecule has 2 unspecified atom stereocenters. The molecule has 0 radical (unpaired) electrons. The summed E-state index contributed by atoms with van der Waals surface area (Å²) in [5, 5.41) is 22.4. The Kier molecular flexibility index (Phi) is 5.67. The molecule has 1 aliphatic carbocycles. The van der Waals surface area contributed by atoms with Gasteiger partial charge in [-0.2, -0.15) is 11.8 Å². The summed E-state index contributed by atoms with van der Waals surface area (Å²) in [6.45, 7) is 2.07. The van der Waals surface area contributed by atoms with Crippen molar-refractivity contribution in [3.05, 3.63) is 35.9 Å². The van der Waals surface area contributed by atoms with Crippen LogP contribution in [0.2, 0.25) is 0 Å². The van der Waals surface area contributed by atoms with Crippen molar-refractivity contribution in [1.82, 2.24) is 5.32 Å². The molecule has 4 nitrogen and oxygen atoms in total. The molecule has 21 heavy (non-hydrogen) atoms. The van der Waals surface area contributed by atoms with Gasteiger partial charge in [-0.3, -0.25) is 5.32 Å². The highest BCUT2D eigenvalue weighted by Crippen LogP contribution is 2.33. The summed E-state index contributed by atoms with van der Waals surface area (Å²) in [4.78, 5) is 12.0. The Morgan fingerprint density at radius 1 is 1.43 bits per heavy atom. The summed E-state index contributed by atoms with van der Waals surface area (Å²) in [5.41, 5.74) is -0.216. The average Bonchev–Trinajstić information content (AvgIpc) is 3.30. The molecule has 1 fully saturated rings. The molecule has 116 valence electrons. The van der Waals surface area contributed by atoms with Crippen LogP contribution in [0.5, 0.6) is 0 Å². The average molecular weight is 309 g/mol. The minimum absolute atomic E-state index is 0.117. The molecule has 0 spiro atoms. The van der Waals surface area contributed by atoms with Gasteiger partial charge >= 0.3 is 5.97 Å². The molecule has 1 aromatic carbocycles. The van der Waals surface area contributed by atoms with Crippen LogP contribution in [-0.4, -0.2) is 39.8 Å². The molecule has 1 saturated carbocycles. The number of aliphatic carboxylic acids is 1. The van der Waals surface area contributed by atoms with E-state index in [1.165, 1.54) is 0 Å². The minimum Gasteiger partial charge on any atom is -0.480 e. The molecule has 1 aliphatic rings. The van der Waals surface area contributed by atoms with Crippen LogP contribution in [0, 0.1) is 0 Å². The van der Waals surface area contributed by atoms with Crippen molar-refractivity contribution in [2.75, 3.05) is 12.4 Å². The number of aliphatic hydroxyl groups is 1. The Morgan fingerprint density at radius 3 is 2.62 bits per heavy atom. The predicted octanol–water partition coefficient (Wildman–Crippen LogP) is 2.22. The summed E-state index contributed by atoms with van der Waals surface area (Å²) in [5.74, 6) is -0.124. The third-order valence-electron chi connectivity index (χ3n) is 3.80. The first-order valence-corrected chi connectivity index (χ1v) is 8.42. The van der Waals surface area contributed by atoms with E-state index in [1.54, 1.807) is 11.8 Å². The van der Waals surface area contributed by atoms with Gasteiger partial charge in [-0.15, -0.1) is 0 Å². The van der Waals surface area contributed by atoms with Gasteiger partial charge in [-0.25, -0.2) is 4.79 Å². The molecule has 2 atom stereocenters. The third-order valence-corrected chi connectivity index (χ3v) is 4.95. The van der Waals surface area contributed by atoms with Gasteiger partial charge in [-0.1, -0.05) is 37.3 Å².